The third-order valence-corrected chi connectivity index (χ3v) is 3.61. The molecule has 0 fully saturated rings. The zero-order valence-electron chi connectivity index (χ0n) is 9.43. The minimum absolute atomic E-state index is 0.119. The number of hydrogen-bond acceptors (Lipinski definition) is 5. The first-order valence-electron chi connectivity index (χ1n) is 4.71. The van der Waals surface area contributed by atoms with Gasteiger partial charge in [0.25, 0.3) is 0 Å². The SMILES string of the molecule is CN(C)C(C)(C#N)Cc1ccc([N+](=O)[O-])s1. The van der Waals surface area contributed by atoms with Crippen molar-refractivity contribution in [1.82, 2.24) is 4.90 Å². The molecule has 0 aliphatic rings. The van der Waals surface area contributed by atoms with E-state index in [4.69, 9.17) is 5.26 Å². The van der Waals surface area contributed by atoms with Crippen LogP contribution >= 0.6 is 11.3 Å². The number of thiophene rings is 1. The van der Waals surface area contributed by atoms with Crippen molar-refractivity contribution in [2.75, 3.05) is 14.1 Å². The number of nitriles is 1. The average Bonchev–Trinajstić information content (AvgIpc) is 2.65. The van der Waals surface area contributed by atoms with Crippen LogP contribution in [0.3, 0.4) is 0 Å². The van der Waals surface area contributed by atoms with Gasteiger partial charge >= 0.3 is 5.00 Å². The summed E-state index contributed by atoms with van der Waals surface area (Å²) < 4.78 is 0. The first-order chi connectivity index (χ1) is 7.39. The van der Waals surface area contributed by atoms with Gasteiger partial charge in [-0.2, -0.15) is 5.26 Å². The molecular formula is C10H13N3O2S. The fourth-order valence-electron chi connectivity index (χ4n) is 1.20. The fraction of sp³-hybridized carbons (Fsp3) is 0.500. The van der Waals surface area contributed by atoms with Gasteiger partial charge in [0.1, 0.15) is 5.54 Å². The lowest BCUT2D eigenvalue weighted by molar-refractivity contribution is -0.380. The van der Waals surface area contributed by atoms with Crippen LogP contribution < -0.4 is 0 Å². The van der Waals surface area contributed by atoms with Crippen molar-refractivity contribution in [3.8, 4) is 6.07 Å². The van der Waals surface area contributed by atoms with E-state index in [2.05, 4.69) is 6.07 Å². The standard InChI is InChI=1S/C10H13N3O2S/c1-10(7-11,12(2)3)6-8-4-5-9(16-8)13(14)15/h4-5H,6H2,1-3H3. The normalized spacial score (nSPS) is 14.4. The number of nitro groups is 1. The molecule has 0 aliphatic heterocycles. The summed E-state index contributed by atoms with van der Waals surface area (Å²) in [7, 11) is 3.65. The van der Waals surface area contributed by atoms with Crippen molar-refractivity contribution in [3.63, 3.8) is 0 Å². The van der Waals surface area contributed by atoms with E-state index in [1.807, 2.05) is 25.9 Å². The molecule has 1 rings (SSSR count). The van der Waals surface area contributed by atoms with Gasteiger partial charge in [0.15, 0.2) is 0 Å². The number of nitrogens with zero attached hydrogens (tertiary/aromatic N) is 3. The molecule has 16 heavy (non-hydrogen) atoms. The Morgan fingerprint density at radius 1 is 1.62 bits per heavy atom. The van der Waals surface area contributed by atoms with Crippen LogP contribution in [-0.2, 0) is 6.42 Å². The third kappa shape index (κ3) is 2.56. The Kier molecular flexibility index (Phi) is 3.62. The van der Waals surface area contributed by atoms with Crippen LogP contribution in [-0.4, -0.2) is 29.5 Å². The van der Waals surface area contributed by atoms with Gasteiger partial charge < -0.3 is 0 Å². The van der Waals surface area contributed by atoms with E-state index in [9.17, 15) is 10.1 Å². The van der Waals surface area contributed by atoms with Crippen molar-refractivity contribution >= 4 is 16.3 Å². The molecule has 0 spiro atoms. The highest BCUT2D eigenvalue weighted by Gasteiger charge is 2.28. The van der Waals surface area contributed by atoms with Crippen LogP contribution in [0.4, 0.5) is 5.00 Å². The minimum atomic E-state index is -0.626. The topological polar surface area (TPSA) is 70.2 Å². The average molecular weight is 239 g/mol. The largest absolute Gasteiger partial charge is 0.324 e. The molecule has 0 aromatic carbocycles. The summed E-state index contributed by atoms with van der Waals surface area (Å²) in [6.45, 7) is 1.82. The summed E-state index contributed by atoms with van der Waals surface area (Å²) in [5, 5.41) is 19.8. The molecule has 1 unspecified atom stereocenters. The Morgan fingerprint density at radius 3 is 2.62 bits per heavy atom. The molecule has 1 aromatic heterocycles. The second kappa shape index (κ2) is 4.60. The molecule has 86 valence electrons. The minimum Gasteiger partial charge on any atom is -0.292 e. The molecule has 0 saturated heterocycles. The van der Waals surface area contributed by atoms with Crippen molar-refractivity contribution in [1.29, 1.82) is 5.26 Å². The zero-order chi connectivity index (χ0) is 12.3. The van der Waals surface area contributed by atoms with E-state index >= 15 is 0 Å². The lowest BCUT2D eigenvalue weighted by Gasteiger charge is -2.28. The van der Waals surface area contributed by atoms with Crippen LogP contribution in [0.1, 0.15) is 11.8 Å². The van der Waals surface area contributed by atoms with Gasteiger partial charge in [-0.3, -0.25) is 15.0 Å². The molecule has 1 atom stereocenters. The lowest BCUT2D eigenvalue weighted by Crippen LogP contribution is -2.41. The molecular weight excluding hydrogens is 226 g/mol. The van der Waals surface area contributed by atoms with Crippen LogP contribution in [0.25, 0.3) is 0 Å². The van der Waals surface area contributed by atoms with Gasteiger partial charge in [0.2, 0.25) is 0 Å². The highest BCUT2D eigenvalue weighted by atomic mass is 32.1. The van der Waals surface area contributed by atoms with Crippen LogP contribution in [0, 0.1) is 21.4 Å². The second-order valence-electron chi connectivity index (χ2n) is 3.95. The summed E-state index contributed by atoms with van der Waals surface area (Å²) in [4.78, 5) is 12.8. The Morgan fingerprint density at radius 2 is 2.25 bits per heavy atom. The predicted molar refractivity (Wildman–Crippen MR) is 62.4 cm³/mol. The Hall–Kier alpha value is -1.45. The molecule has 0 amide bonds. The summed E-state index contributed by atoms with van der Waals surface area (Å²) >= 11 is 1.12. The molecule has 1 heterocycles. The van der Waals surface area contributed by atoms with Gasteiger partial charge in [-0.25, -0.2) is 0 Å². The molecule has 0 bridgehead atoms. The quantitative estimate of drug-likeness (QED) is 0.595. The lowest BCUT2D eigenvalue weighted by atomic mass is 9.97. The van der Waals surface area contributed by atoms with E-state index in [-0.39, 0.29) is 5.00 Å². The third-order valence-electron chi connectivity index (χ3n) is 2.57. The zero-order valence-corrected chi connectivity index (χ0v) is 10.2. The van der Waals surface area contributed by atoms with Gasteiger partial charge in [0, 0.05) is 17.4 Å². The molecule has 0 radical (unpaired) electrons. The molecule has 5 nitrogen and oxygen atoms in total. The number of hydrogen-bond donors (Lipinski definition) is 0. The molecule has 0 saturated carbocycles. The summed E-state index contributed by atoms with van der Waals surface area (Å²) in [6.07, 6.45) is 0.495. The van der Waals surface area contributed by atoms with Crippen LogP contribution in [0.2, 0.25) is 0 Å². The van der Waals surface area contributed by atoms with Gasteiger partial charge in [-0.05, 0) is 27.1 Å². The maximum Gasteiger partial charge on any atom is 0.324 e. The Bertz CT molecular complexity index is 436. The molecule has 1 aromatic rings. The van der Waals surface area contributed by atoms with Gasteiger partial charge in [-0.15, -0.1) is 0 Å². The highest BCUT2D eigenvalue weighted by Crippen LogP contribution is 2.28. The molecule has 0 N–H and O–H groups in total. The Labute approximate surface area is 98.1 Å². The van der Waals surface area contributed by atoms with E-state index in [1.165, 1.54) is 6.07 Å². The predicted octanol–water partition coefficient (Wildman–Crippen LogP) is 2.04. The Balaban J connectivity index is 2.88. The molecule has 6 heteroatoms. The maximum atomic E-state index is 10.5. The first kappa shape index (κ1) is 12.6. The summed E-state index contributed by atoms with van der Waals surface area (Å²) in [5.74, 6) is 0. The number of rotatable bonds is 4. The van der Waals surface area contributed by atoms with Gasteiger partial charge in [0.05, 0.1) is 11.0 Å². The monoisotopic (exact) mass is 239 g/mol. The second-order valence-corrected chi connectivity index (χ2v) is 5.10. The van der Waals surface area contributed by atoms with E-state index in [1.54, 1.807) is 6.07 Å². The summed E-state index contributed by atoms with van der Waals surface area (Å²) in [6, 6.07) is 5.42. The highest BCUT2D eigenvalue weighted by molar-refractivity contribution is 7.15. The van der Waals surface area contributed by atoms with Crippen LogP contribution in [0.15, 0.2) is 12.1 Å². The first-order valence-corrected chi connectivity index (χ1v) is 5.52. The van der Waals surface area contributed by atoms with Crippen molar-refractivity contribution < 1.29 is 4.92 Å². The number of likely N-dealkylation sites (N-methyl/N-ethyl adjacent to an activating group) is 1. The van der Waals surface area contributed by atoms with Crippen LogP contribution in [0.5, 0.6) is 0 Å². The smallest absolute Gasteiger partial charge is 0.292 e. The van der Waals surface area contributed by atoms with E-state index in [0.717, 1.165) is 16.2 Å². The van der Waals surface area contributed by atoms with Crippen molar-refractivity contribution in [2.45, 2.75) is 18.9 Å². The van der Waals surface area contributed by atoms with E-state index in [0.29, 0.717) is 6.42 Å². The van der Waals surface area contributed by atoms with Gasteiger partial charge in [-0.1, -0.05) is 11.3 Å². The molecule has 0 aliphatic carbocycles. The van der Waals surface area contributed by atoms with Crippen molar-refractivity contribution in [2.24, 2.45) is 0 Å². The summed E-state index contributed by atoms with van der Waals surface area (Å²) in [5.41, 5.74) is -0.626. The fourth-order valence-corrected chi connectivity index (χ4v) is 2.17. The van der Waals surface area contributed by atoms with Crippen molar-refractivity contribution in [3.05, 3.63) is 27.1 Å². The maximum absolute atomic E-state index is 10.5. The van der Waals surface area contributed by atoms with E-state index < -0.39 is 10.5 Å².